The van der Waals surface area contributed by atoms with Crippen LogP contribution in [0.15, 0.2) is 0 Å². The van der Waals surface area contributed by atoms with Crippen molar-refractivity contribution in [3.05, 3.63) is 0 Å². The number of amides is 1. The molecule has 0 aliphatic heterocycles. The van der Waals surface area contributed by atoms with Crippen molar-refractivity contribution in [3.63, 3.8) is 0 Å². The number of nitrogens with one attached hydrogen (secondary N) is 1. The fourth-order valence-electron chi connectivity index (χ4n) is 3.10. The van der Waals surface area contributed by atoms with Gasteiger partial charge in [-0.05, 0) is 43.9 Å². The monoisotopic (exact) mass is 179 g/mol. The molecule has 0 radical (unpaired) electrons. The maximum atomic E-state index is 11.8. The van der Waals surface area contributed by atoms with Crippen LogP contribution in [0.2, 0.25) is 0 Å². The van der Waals surface area contributed by atoms with Crippen LogP contribution in [-0.2, 0) is 4.79 Å². The van der Waals surface area contributed by atoms with Crippen LogP contribution in [-0.4, -0.2) is 11.9 Å². The maximum Gasteiger partial charge on any atom is 0.223 e. The first-order valence-corrected chi connectivity index (χ1v) is 5.63. The van der Waals surface area contributed by atoms with Crippen molar-refractivity contribution in [2.75, 3.05) is 0 Å². The molecule has 0 spiro atoms. The standard InChI is InChI=1S/C11H17NO/c13-11(12-9-3-4-9)10-6-7-1-2-8(10)5-7/h7-10H,1-6H2,(H,12,13)/t7-,8-,10+/m0/s1. The van der Waals surface area contributed by atoms with Gasteiger partial charge in [-0.25, -0.2) is 0 Å². The van der Waals surface area contributed by atoms with Crippen LogP contribution in [0.3, 0.4) is 0 Å². The smallest absolute Gasteiger partial charge is 0.223 e. The molecule has 3 aliphatic carbocycles. The highest BCUT2D eigenvalue weighted by atomic mass is 16.2. The lowest BCUT2D eigenvalue weighted by atomic mass is 9.88. The lowest BCUT2D eigenvalue weighted by Gasteiger charge is -2.20. The molecule has 3 rings (SSSR count). The Bertz CT molecular complexity index is 234. The highest BCUT2D eigenvalue weighted by Gasteiger charge is 2.43. The Labute approximate surface area is 79.1 Å². The van der Waals surface area contributed by atoms with E-state index in [1.54, 1.807) is 0 Å². The number of carbonyl (C=O) groups excluding carboxylic acids is 1. The van der Waals surface area contributed by atoms with E-state index in [9.17, 15) is 4.79 Å². The van der Waals surface area contributed by atoms with Gasteiger partial charge in [-0.3, -0.25) is 4.79 Å². The predicted molar refractivity (Wildman–Crippen MR) is 50.1 cm³/mol. The van der Waals surface area contributed by atoms with E-state index in [-0.39, 0.29) is 0 Å². The van der Waals surface area contributed by atoms with Gasteiger partial charge in [0.05, 0.1) is 0 Å². The largest absolute Gasteiger partial charge is 0.353 e. The number of rotatable bonds is 2. The molecule has 1 amide bonds. The number of fused-ring (bicyclic) bond motifs is 2. The Balaban J connectivity index is 1.61. The third-order valence-corrected chi connectivity index (χ3v) is 4.00. The lowest BCUT2D eigenvalue weighted by Crippen LogP contribution is -2.34. The van der Waals surface area contributed by atoms with Crippen molar-refractivity contribution >= 4 is 5.91 Å². The Morgan fingerprint density at radius 2 is 1.92 bits per heavy atom. The van der Waals surface area contributed by atoms with Gasteiger partial charge in [0.25, 0.3) is 0 Å². The van der Waals surface area contributed by atoms with Gasteiger partial charge in [-0.1, -0.05) is 6.42 Å². The summed E-state index contributed by atoms with van der Waals surface area (Å²) in [6, 6.07) is 0.548. The zero-order valence-electron chi connectivity index (χ0n) is 7.96. The fourth-order valence-corrected chi connectivity index (χ4v) is 3.10. The summed E-state index contributed by atoms with van der Waals surface area (Å²) in [5.41, 5.74) is 0. The van der Waals surface area contributed by atoms with Gasteiger partial charge in [0.15, 0.2) is 0 Å². The van der Waals surface area contributed by atoms with E-state index in [0.717, 1.165) is 11.8 Å². The Kier molecular flexibility index (Phi) is 1.64. The number of hydrogen-bond acceptors (Lipinski definition) is 1. The molecule has 2 heteroatoms. The van der Waals surface area contributed by atoms with Crippen molar-refractivity contribution in [3.8, 4) is 0 Å². The molecule has 3 atom stereocenters. The van der Waals surface area contributed by atoms with E-state index in [1.165, 1.54) is 38.5 Å². The third kappa shape index (κ3) is 1.36. The second-order valence-electron chi connectivity index (χ2n) is 5.06. The predicted octanol–water partition coefficient (Wildman–Crippen LogP) is 1.70. The topological polar surface area (TPSA) is 29.1 Å². The minimum absolute atomic E-state index is 0.370. The van der Waals surface area contributed by atoms with Crippen LogP contribution in [0.4, 0.5) is 0 Å². The molecule has 0 saturated heterocycles. The highest BCUT2D eigenvalue weighted by Crippen LogP contribution is 2.48. The molecule has 0 aromatic heterocycles. The van der Waals surface area contributed by atoms with Crippen molar-refractivity contribution in [2.24, 2.45) is 17.8 Å². The molecule has 0 unspecified atom stereocenters. The summed E-state index contributed by atoms with van der Waals surface area (Å²) in [4.78, 5) is 11.8. The molecule has 3 saturated carbocycles. The molecule has 2 nitrogen and oxygen atoms in total. The van der Waals surface area contributed by atoms with Crippen molar-refractivity contribution in [1.82, 2.24) is 5.32 Å². The molecule has 2 bridgehead atoms. The van der Waals surface area contributed by atoms with E-state index in [0.29, 0.717) is 17.9 Å². The van der Waals surface area contributed by atoms with Gasteiger partial charge in [0.1, 0.15) is 0 Å². The van der Waals surface area contributed by atoms with Crippen LogP contribution in [0.1, 0.15) is 38.5 Å². The molecular weight excluding hydrogens is 162 g/mol. The average molecular weight is 179 g/mol. The summed E-state index contributed by atoms with van der Waals surface area (Å²) in [6.45, 7) is 0. The molecule has 0 aromatic rings. The first-order valence-electron chi connectivity index (χ1n) is 5.63. The molecule has 13 heavy (non-hydrogen) atoms. The number of hydrogen-bond donors (Lipinski definition) is 1. The minimum Gasteiger partial charge on any atom is -0.353 e. The normalized spacial score (nSPS) is 42.3. The molecule has 1 N–H and O–H groups in total. The zero-order chi connectivity index (χ0) is 8.84. The maximum absolute atomic E-state index is 11.8. The molecule has 0 heterocycles. The SMILES string of the molecule is O=C(NC1CC1)[C@@H]1C[C@H]2CC[C@H]1C2. The van der Waals surface area contributed by atoms with E-state index < -0.39 is 0 Å². The Hall–Kier alpha value is -0.530. The van der Waals surface area contributed by atoms with Crippen molar-refractivity contribution in [1.29, 1.82) is 0 Å². The second kappa shape index (κ2) is 2.73. The minimum atomic E-state index is 0.370. The first kappa shape index (κ1) is 7.84. The van der Waals surface area contributed by atoms with E-state index in [4.69, 9.17) is 0 Å². The van der Waals surface area contributed by atoms with E-state index >= 15 is 0 Å². The Morgan fingerprint density at radius 1 is 1.08 bits per heavy atom. The van der Waals surface area contributed by atoms with Gasteiger partial charge in [-0.15, -0.1) is 0 Å². The summed E-state index contributed by atoms with van der Waals surface area (Å²) in [7, 11) is 0. The third-order valence-electron chi connectivity index (χ3n) is 4.00. The average Bonchev–Trinajstić information content (AvgIpc) is 2.71. The highest BCUT2D eigenvalue weighted by molar-refractivity contribution is 5.80. The van der Waals surface area contributed by atoms with Gasteiger partial charge < -0.3 is 5.32 Å². The van der Waals surface area contributed by atoms with Gasteiger partial charge in [0, 0.05) is 12.0 Å². The van der Waals surface area contributed by atoms with Crippen molar-refractivity contribution in [2.45, 2.75) is 44.6 Å². The Morgan fingerprint density at radius 3 is 2.46 bits per heavy atom. The van der Waals surface area contributed by atoms with Gasteiger partial charge >= 0.3 is 0 Å². The fraction of sp³-hybridized carbons (Fsp3) is 0.909. The van der Waals surface area contributed by atoms with Crippen LogP contribution in [0.5, 0.6) is 0 Å². The molecular formula is C11H17NO. The van der Waals surface area contributed by atoms with E-state index in [2.05, 4.69) is 5.32 Å². The first-order chi connectivity index (χ1) is 6.33. The molecule has 72 valence electrons. The lowest BCUT2D eigenvalue weighted by molar-refractivity contribution is -0.126. The van der Waals surface area contributed by atoms with Crippen molar-refractivity contribution < 1.29 is 4.79 Å². The van der Waals surface area contributed by atoms with Crippen LogP contribution < -0.4 is 5.32 Å². The molecule has 0 aromatic carbocycles. The number of carbonyl (C=O) groups is 1. The summed E-state index contributed by atoms with van der Waals surface area (Å²) in [6.07, 6.45) is 7.65. The second-order valence-corrected chi connectivity index (χ2v) is 5.06. The summed E-state index contributed by atoms with van der Waals surface area (Å²) in [5.74, 6) is 2.39. The summed E-state index contributed by atoms with van der Waals surface area (Å²) < 4.78 is 0. The summed E-state index contributed by atoms with van der Waals surface area (Å²) >= 11 is 0. The van der Waals surface area contributed by atoms with Crippen LogP contribution in [0.25, 0.3) is 0 Å². The quantitative estimate of drug-likeness (QED) is 0.687. The molecule has 3 fully saturated rings. The van der Waals surface area contributed by atoms with Gasteiger partial charge in [-0.2, -0.15) is 0 Å². The van der Waals surface area contributed by atoms with Crippen LogP contribution >= 0.6 is 0 Å². The molecule has 3 aliphatic rings. The zero-order valence-corrected chi connectivity index (χ0v) is 7.96. The van der Waals surface area contributed by atoms with Crippen LogP contribution in [0, 0.1) is 17.8 Å². The van der Waals surface area contributed by atoms with E-state index in [1.807, 2.05) is 0 Å². The van der Waals surface area contributed by atoms with Gasteiger partial charge in [0.2, 0.25) is 5.91 Å². The summed E-state index contributed by atoms with van der Waals surface area (Å²) in [5, 5.41) is 3.14.